The number of alkyl halides is 1. The van der Waals surface area contributed by atoms with Gasteiger partial charge in [-0.1, -0.05) is 18.2 Å². The maximum atomic E-state index is 16.0. The topological polar surface area (TPSA) is 48.0 Å². The van der Waals surface area contributed by atoms with Crippen LogP contribution in [-0.4, -0.2) is 88.5 Å². The van der Waals surface area contributed by atoms with E-state index in [2.05, 4.69) is 83.2 Å². The van der Waals surface area contributed by atoms with Crippen molar-refractivity contribution >= 4 is 28.1 Å². The number of rotatable bonds is 8. The van der Waals surface area contributed by atoms with Gasteiger partial charge in [0.2, 0.25) is 0 Å². The van der Waals surface area contributed by atoms with E-state index < -0.39 is 5.67 Å². The van der Waals surface area contributed by atoms with Gasteiger partial charge in [0.1, 0.15) is 5.82 Å². The smallest absolute Gasteiger partial charge is 0.170 e. The second-order valence-corrected chi connectivity index (χ2v) is 12.3. The number of aromatic nitrogens is 2. The number of anilines is 3. The highest BCUT2D eigenvalue weighted by molar-refractivity contribution is 5.92. The zero-order valence-corrected chi connectivity index (χ0v) is 25.0. The molecule has 3 fully saturated rings. The van der Waals surface area contributed by atoms with Crippen LogP contribution in [0.15, 0.2) is 42.5 Å². The quantitative estimate of drug-likeness (QED) is 0.356. The predicted molar refractivity (Wildman–Crippen MR) is 166 cm³/mol. The molecule has 0 radical (unpaired) electrons. The van der Waals surface area contributed by atoms with Crippen molar-refractivity contribution in [1.82, 2.24) is 14.9 Å². The zero-order chi connectivity index (χ0) is 28.4. The maximum Gasteiger partial charge on any atom is 0.170 e. The molecule has 0 atom stereocenters. The summed E-state index contributed by atoms with van der Waals surface area (Å²) < 4.78 is 21.5. The van der Waals surface area contributed by atoms with Crippen molar-refractivity contribution in [3.8, 4) is 0 Å². The molecule has 0 unspecified atom stereocenters. The van der Waals surface area contributed by atoms with Crippen molar-refractivity contribution in [3.05, 3.63) is 53.9 Å². The summed E-state index contributed by atoms with van der Waals surface area (Å²) in [4.78, 5) is 19.2. The Morgan fingerprint density at radius 1 is 0.951 bits per heavy atom. The minimum Gasteiger partial charge on any atom is -0.379 e. The van der Waals surface area contributed by atoms with Crippen LogP contribution >= 0.6 is 0 Å². The van der Waals surface area contributed by atoms with E-state index in [4.69, 9.17) is 14.7 Å². The third kappa shape index (κ3) is 6.00. The Kier molecular flexibility index (Phi) is 8.31. The molecular formula is C33H45FN6O. The number of hydrogen-bond acceptors (Lipinski definition) is 7. The minimum absolute atomic E-state index is 0.381. The van der Waals surface area contributed by atoms with Crippen molar-refractivity contribution in [2.75, 3.05) is 88.3 Å². The molecule has 1 saturated carbocycles. The third-order valence-corrected chi connectivity index (χ3v) is 9.41. The Bertz CT molecular complexity index is 1330. The predicted octanol–water partition coefficient (Wildman–Crippen LogP) is 5.59. The second-order valence-electron chi connectivity index (χ2n) is 12.3. The van der Waals surface area contributed by atoms with Gasteiger partial charge in [0.15, 0.2) is 11.5 Å². The van der Waals surface area contributed by atoms with Gasteiger partial charge >= 0.3 is 0 Å². The normalized spacial score (nSPS) is 20.0. The molecule has 41 heavy (non-hydrogen) atoms. The first-order valence-electron chi connectivity index (χ1n) is 15.4. The molecule has 2 aromatic carbocycles. The van der Waals surface area contributed by atoms with Crippen LogP contribution in [0.2, 0.25) is 0 Å². The second kappa shape index (κ2) is 12.1. The summed E-state index contributed by atoms with van der Waals surface area (Å²) in [6.45, 7) is 7.35. The van der Waals surface area contributed by atoms with Crippen LogP contribution < -0.4 is 14.7 Å². The average molecular weight is 561 g/mol. The first-order valence-corrected chi connectivity index (χ1v) is 15.4. The van der Waals surface area contributed by atoms with Gasteiger partial charge in [-0.25, -0.2) is 14.4 Å². The van der Waals surface area contributed by atoms with Gasteiger partial charge in [0.25, 0.3) is 0 Å². The van der Waals surface area contributed by atoms with Crippen LogP contribution in [0.3, 0.4) is 0 Å². The molecule has 8 heteroatoms. The SMILES string of the molecule is CN(C)c1ccccc1C1CCN(c2nc(C3(F)CCCC3)nc3ccc(N(C)CCN4CCOCC4)cc23)CC1. The summed E-state index contributed by atoms with van der Waals surface area (Å²) in [5.41, 5.74) is 3.29. The van der Waals surface area contributed by atoms with Crippen molar-refractivity contribution in [1.29, 1.82) is 0 Å². The lowest BCUT2D eigenvalue weighted by Gasteiger charge is -2.35. The average Bonchev–Trinajstić information content (AvgIpc) is 3.47. The Hall–Kier alpha value is -2.97. The summed E-state index contributed by atoms with van der Waals surface area (Å²) >= 11 is 0. The van der Waals surface area contributed by atoms with E-state index in [1.807, 2.05) is 0 Å². The highest BCUT2D eigenvalue weighted by atomic mass is 19.1. The summed E-state index contributed by atoms with van der Waals surface area (Å²) in [6, 6.07) is 15.2. The number of ether oxygens (including phenoxy) is 1. The number of morpholine rings is 1. The van der Waals surface area contributed by atoms with Crippen LogP contribution in [0.5, 0.6) is 0 Å². The molecule has 3 aromatic rings. The molecule has 7 nitrogen and oxygen atoms in total. The molecule has 6 rings (SSSR count). The van der Waals surface area contributed by atoms with Crippen LogP contribution in [0.1, 0.15) is 55.8 Å². The van der Waals surface area contributed by atoms with Crippen molar-refractivity contribution in [2.24, 2.45) is 0 Å². The van der Waals surface area contributed by atoms with E-state index >= 15 is 4.39 Å². The van der Waals surface area contributed by atoms with E-state index in [1.54, 1.807) is 0 Å². The monoisotopic (exact) mass is 560 g/mol. The summed E-state index contributed by atoms with van der Waals surface area (Å²) in [5, 5.41) is 1.03. The van der Waals surface area contributed by atoms with Crippen LogP contribution in [0, 0.1) is 0 Å². The number of piperidine rings is 1. The molecule has 2 aliphatic heterocycles. The summed E-state index contributed by atoms with van der Waals surface area (Å²) in [7, 11) is 6.39. The molecular weight excluding hydrogens is 515 g/mol. The fourth-order valence-corrected chi connectivity index (χ4v) is 6.83. The summed E-state index contributed by atoms with van der Waals surface area (Å²) in [6.07, 6.45) is 4.93. The fraction of sp³-hybridized carbons (Fsp3) is 0.576. The molecule has 0 bridgehead atoms. The highest BCUT2D eigenvalue weighted by Gasteiger charge is 2.39. The minimum atomic E-state index is -1.42. The van der Waals surface area contributed by atoms with Crippen LogP contribution in [-0.2, 0) is 10.4 Å². The number of fused-ring (bicyclic) bond motifs is 1. The molecule has 3 heterocycles. The van der Waals surface area contributed by atoms with Gasteiger partial charge in [-0.3, -0.25) is 4.90 Å². The molecule has 3 aliphatic rings. The van der Waals surface area contributed by atoms with Crippen LogP contribution in [0.4, 0.5) is 21.6 Å². The van der Waals surface area contributed by atoms with Crippen LogP contribution in [0.25, 0.3) is 10.9 Å². The van der Waals surface area contributed by atoms with Gasteiger partial charge in [-0.05, 0) is 74.3 Å². The molecule has 1 aromatic heterocycles. The largest absolute Gasteiger partial charge is 0.379 e. The van der Waals surface area contributed by atoms with Gasteiger partial charge < -0.3 is 19.4 Å². The third-order valence-electron chi connectivity index (χ3n) is 9.41. The molecule has 0 N–H and O–H groups in total. The van der Waals surface area contributed by atoms with E-state index in [0.717, 1.165) is 101 Å². The Balaban J connectivity index is 1.28. The lowest BCUT2D eigenvalue weighted by molar-refractivity contribution is 0.0393. The first-order chi connectivity index (χ1) is 19.9. The van der Waals surface area contributed by atoms with E-state index in [-0.39, 0.29) is 0 Å². The number of benzene rings is 2. The molecule has 0 amide bonds. The number of hydrogen-bond donors (Lipinski definition) is 0. The van der Waals surface area contributed by atoms with Gasteiger partial charge in [0.05, 0.1) is 18.7 Å². The number of halogens is 1. The lowest BCUT2D eigenvalue weighted by Crippen LogP contribution is -2.40. The molecule has 1 aliphatic carbocycles. The Morgan fingerprint density at radius 3 is 2.41 bits per heavy atom. The Labute approximate surface area is 244 Å². The van der Waals surface area contributed by atoms with E-state index in [9.17, 15) is 0 Å². The molecule has 220 valence electrons. The number of likely N-dealkylation sites (N-methyl/N-ethyl adjacent to an activating group) is 1. The van der Waals surface area contributed by atoms with Gasteiger partial charge in [-0.2, -0.15) is 0 Å². The summed E-state index contributed by atoms with van der Waals surface area (Å²) in [5.74, 6) is 1.78. The lowest BCUT2D eigenvalue weighted by atomic mass is 9.88. The standard InChI is InChI=1S/C33H45FN6O/c1-37(2)30-9-5-4-8-27(30)25-12-16-40(17-13-25)31-28-24-26(38(3)18-19-39-20-22-41-23-21-39)10-11-29(28)35-32(36-31)33(34)14-6-7-15-33/h4-5,8-11,24-25H,6-7,12-23H2,1-3H3. The maximum absolute atomic E-state index is 16.0. The first kappa shape index (κ1) is 28.2. The van der Waals surface area contributed by atoms with Crippen molar-refractivity contribution < 1.29 is 9.13 Å². The van der Waals surface area contributed by atoms with Gasteiger partial charge in [0, 0.05) is 77.2 Å². The van der Waals surface area contributed by atoms with E-state index in [1.165, 1.54) is 11.3 Å². The fourth-order valence-electron chi connectivity index (χ4n) is 6.83. The van der Waals surface area contributed by atoms with Gasteiger partial charge in [-0.15, -0.1) is 0 Å². The number of nitrogens with zero attached hydrogens (tertiary/aromatic N) is 6. The Morgan fingerprint density at radius 2 is 1.68 bits per heavy atom. The molecule has 0 spiro atoms. The van der Waals surface area contributed by atoms with Crippen molar-refractivity contribution in [3.63, 3.8) is 0 Å². The number of para-hydroxylation sites is 1. The van der Waals surface area contributed by atoms with E-state index in [0.29, 0.717) is 24.6 Å². The highest BCUT2D eigenvalue weighted by Crippen LogP contribution is 2.43. The zero-order valence-electron chi connectivity index (χ0n) is 25.0. The van der Waals surface area contributed by atoms with Crippen molar-refractivity contribution in [2.45, 2.75) is 50.1 Å². The molecule has 2 saturated heterocycles.